The van der Waals surface area contributed by atoms with Gasteiger partial charge in [0.15, 0.2) is 6.10 Å². The maximum Gasteiger partial charge on any atom is 0.306 e. The fourth-order valence-corrected chi connectivity index (χ4v) is 11.3. The van der Waals surface area contributed by atoms with E-state index in [1.54, 1.807) is 0 Å². The van der Waals surface area contributed by atoms with Crippen molar-refractivity contribution in [2.45, 2.75) is 412 Å². The van der Waals surface area contributed by atoms with Crippen LogP contribution < -0.4 is 0 Å². The monoisotopic (exact) mass is 1160 g/mol. The zero-order valence-corrected chi connectivity index (χ0v) is 56.0. The van der Waals surface area contributed by atoms with Crippen molar-refractivity contribution in [1.82, 2.24) is 0 Å². The van der Waals surface area contributed by atoms with Gasteiger partial charge in [-0.1, -0.05) is 378 Å². The van der Waals surface area contributed by atoms with Gasteiger partial charge in [-0.05, 0) is 57.8 Å². The largest absolute Gasteiger partial charge is 0.462 e. The molecular weight excluding hydrogens is 1020 g/mol. The molecule has 0 saturated heterocycles. The number of rotatable bonds is 69. The zero-order valence-electron chi connectivity index (χ0n) is 56.0. The Kier molecular flexibility index (Phi) is 69.6. The third-order valence-corrected chi connectivity index (χ3v) is 16.8. The third kappa shape index (κ3) is 70.0. The van der Waals surface area contributed by atoms with E-state index in [2.05, 4.69) is 69.4 Å². The predicted molar refractivity (Wildman–Crippen MR) is 362 cm³/mol. The lowest BCUT2D eigenvalue weighted by Crippen LogP contribution is -2.30. The highest BCUT2D eigenvalue weighted by molar-refractivity contribution is 5.71. The second-order valence-electron chi connectivity index (χ2n) is 25.2. The fourth-order valence-electron chi connectivity index (χ4n) is 11.3. The molecule has 0 heterocycles. The van der Waals surface area contributed by atoms with Crippen molar-refractivity contribution in [3.8, 4) is 0 Å². The average Bonchev–Trinajstić information content (AvgIpc) is 3.49. The number of ether oxygens (including phenoxy) is 3. The number of allylic oxidation sites excluding steroid dienone is 8. The third-order valence-electron chi connectivity index (χ3n) is 16.8. The van der Waals surface area contributed by atoms with Crippen LogP contribution in [0, 0.1) is 0 Å². The maximum atomic E-state index is 13.0. The van der Waals surface area contributed by atoms with Gasteiger partial charge in [-0.15, -0.1) is 0 Å². The molecule has 0 aromatic carbocycles. The summed E-state index contributed by atoms with van der Waals surface area (Å²) >= 11 is 0. The SMILES string of the molecule is CC/C=C\C/C=C\C/C=C\C/C=C\CCCCC(=O)OCC(COC(=O)CCCCCCCCCCCCCCCCCCCCCCCCCCCCCCC)OC(=O)CCCCCCCCCCCCCCCCCCCCCCC. The van der Waals surface area contributed by atoms with Crippen LogP contribution in [0.5, 0.6) is 0 Å². The van der Waals surface area contributed by atoms with Crippen molar-refractivity contribution in [1.29, 1.82) is 0 Å². The standard InChI is InChI=1S/C77H142O6/c1-4-7-10-13-16-19-22-25-28-30-32-34-35-36-37-38-39-40-41-43-44-46-49-52-55-58-61-64-67-70-76(79)82-73-74(72-81-75(78)69-66-63-60-57-54-51-48-27-24-21-18-15-12-9-6-3)83-77(80)71-68-65-62-59-56-53-50-47-45-42-33-31-29-26-23-20-17-14-11-8-5-2/h9,12,18,21,27,48,54,57,74H,4-8,10-11,13-17,19-20,22-26,28-47,49-53,55-56,58-73H2,1-3H3/b12-9-,21-18-,48-27-,57-54-. The van der Waals surface area contributed by atoms with E-state index < -0.39 is 6.10 Å². The lowest BCUT2D eigenvalue weighted by Gasteiger charge is -2.18. The molecule has 0 aromatic heterocycles. The molecule has 83 heavy (non-hydrogen) atoms. The molecule has 6 heteroatoms. The predicted octanol–water partition coefficient (Wildman–Crippen LogP) is 25.7. The highest BCUT2D eigenvalue weighted by Gasteiger charge is 2.19. The molecule has 0 bridgehead atoms. The van der Waals surface area contributed by atoms with E-state index in [0.29, 0.717) is 19.3 Å². The lowest BCUT2D eigenvalue weighted by molar-refractivity contribution is -0.167. The molecule has 0 fully saturated rings. The van der Waals surface area contributed by atoms with Gasteiger partial charge in [0.1, 0.15) is 13.2 Å². The Hall–Kier alpha value is -2.63. The summed E-state index contributed by atoms with van der Waals surface area (Å²) < 4.78 is 17.0. The molecule has 0 N–H and O–H groups in total. The van der Waals surface area contributed by atoms with Crippen LogP contribution in [-0.2, 0) is 28.6 Å². The number of hydrogen-bond donors (Lipinski definition) is 0. The molecular formula is C77H142O6. The fraction of sp³-hybridized carbons (Fsp3) is 0.857. The Bertz CT molecular complexity index is 1430. The van der Waals surface area contributed by atoms with Gasteiger partial charge in [-0.25, -0.2) is 0 Å². The molecule has 0 aliphatic rings. The minimum atomic E-state index is -0.789. The van der Waals surface area contributed by atoms with Gasteiger partial charge in [-0.3, -0.25) is 14.4 Å². The van der Waals surface area contributed by atoms with Crippen molar-refractivity contribution < 1.29 is 28.6 Å². The lowest BCUT2D eigenvalue weighted by atomic mass is 10.0. The molecule has 0 saturated carbocycles. The Labute approximate surface area is 518 Å². The topological polar surface area (TPSA) is 78.9 Å². The summed E-state index contributed by atoms with van der Waals surface area (Å²) in [5.41, 5.74) is 0. The van der Waals surface area contributed by atoms with Gasteiger partial charge in [0.2, 0.25) is 0 Å². The molecule has 486 valence electrons. The molecule has 0 rings (SSSR count). The second kappa shape index (κ2) is 71.8. The van der Waals surface area contributed by atoms with Crippen LogP contribution >= 0.6 is 0 Å². The Balaban J connectivity index is 4.22. The van der Waals surface area contributed by atoms with Gasteiger partial charge in [0, 0.05) is 19.3 Å². The zero-order chi connectivity index (χ0) is 59.9. The van der Waals surface area contributed by atoms with E-state index in [4.69, 9.17) is 14.2 Å². The minimum absolute atomic E-state index is 0.0808. The highest BCUT2D eigenvalue weighted by Crippen LogP contribution is 2.19. The first-order chi connectivity index (χ1) is 41.0. The van der Waals surface area contributed by atoms with Crippen molar-refractivity contribution >= 4 is 17.9 Å². The van der Waals surface area contributed by atoms with E-state index in [0.717, 1.165) is 83.5 Å². The Morgan fingerprint density at radius 3 is 0.735 bits per heavy atom. The van der Waals surface area contributed by atoms with Crippen molar-refractivity contribution in [2.75, 3.05) is 13.2 Å². The molecule has 0 aliphatic heterocycles. The van der Waals surface area contributed by atoms with Crippen LogP contribution in [0.4, 0.5) is 0 Å². The van der Waals surface area contributed by atoms with Gasteiger partial charge in [0.25, 0.3) is 0 Å². The first-order valence-corrected chi connectivity index (χ1v) is 37.1. The van der Waals surface area contributed by atoms with E-state index in [-0.39, 0.29) is 31.1 Å². The number of carbonyl (C=O) groups excluding carboxylic acids is 3. The summed E-state index contributed by atoms with van der Waals surface area (Å²) in [7, 11) is 0. The van der Waals surface area contributed by atoms with Gasteiger partial charge in [-0.2, -0.15) is 0 Å². The van der Waals surface area contributed by atoms with Gasteiger partial charge >= 0.3 is 17.9 Å². The summed E-state index contributed by atoms with van der Waals surface area (Å²) in [5.74, 6) is -0.894. The maximum absolute atomic E-state index is 13.0. The minimum Gasteiger partial charge on any atom is -0.462 e. The van der Waals surface area contributed by atoms with E-state index in [1.165, 1.54) is 283 Å². The van der Waals surface area contributed by atoms with Crippen LogP contribution in [0.25, 0.3) is 0 Å². The number of hydrogen-bond acceptors (Lipinski definition) is 6. The number of unbranched alkanes of at least 4 members (excludes halogenated alkanes) is 50. The van der Waals surface area contributed by atoms with Crippen LogP contribution in [0.2, 0.25) is 0 Å². The molecule has 1 atom stereocenters. The van der Waals surface area contributed by atoms with Crippen LogP contribution in [-0.4, -0.2) is 37.2 Å². The van der Waals surface area contributed by atoms with Gasteiger partial charge < -0.3 is 14.2 Å². The number of esters is 3. The molecule has 0 amide bonds. The Morgan fingerprint density at radius 2 is 0.470 bits per heavy atom. The van der Waals surface area contributed by atoms with Crippen LogP contribution in [0.3, 0.4) is 0 Å². The van der Waals surface area contributed by atoms with Crippen LogP contribution in [0.1, 0.15) is 406 Å². The second-order valence-corrected chi connectivity index (χ2v) is 25.2. The quantitative estimate of drug-likeness (QED) is 0.0261. The Morgan fingerprint density at radius 1 is 0.253 bits per heavy atom. The molecule has 1 unspecified atom stereocenters. The molecule has 6 nitrogen and oxygen atoms in total. The van der Waals surface area contributed by atoms with Crippen molar-refractivity contribution in [3.05, 3.63) is 48.6 Å². The average molecular weight is 1160 g/mol. The normalized spacial score (nSPS) is 12.3. The van der Waals surface area contributed by atoms with E-state index in [9.17, 15) is 14.4 Å². The van der Waals surface area contributed by atoms with Gasteiger partial charge in [0.05, 0.1) is 0 Å². The van der Waals surface area contributed by atoms with E-state index in [1.807, 2.05) is 0 Å². The molecule has 0 radical (unpaired) electrons. The first kappa shape index (κ1) is 80.4. The highest BCUT2D eigenvalue weighted by atomic mass is 16.6. The van der Waals surface area contributed by atoms with Crippen LogP contribution in [0.15, 0.2) is 48.6 Å². The number of carbonyl (C=O) groups is 3. The first-order valence-electron chi connectivity index (χ1n) is 37.1. The summed E-state index contributed by atoms with van der Waals surface area (Å²) in [6, 6.07) is 0. The smallest absolute Gasteiger partial charge is 0.306 e. The molecule has 0 aromatic rings. The van der Waals surface area contributed by atoms with Crippen molar-refractivity contribution in [3.63, 3.8) is 0 Å². The summed E-state index contributed by atoms with van der Waals surface area (Å²) in [4.78, 5) is 38.5. The van der Waals surface area contributed by atoms with E-state index >= 15 is 0 Å². The van der Waals surface area contributed by atoms with Crippen molar-refractivity contribution in [2.24, 2.45) is 0 Å². The molecule has 0 spiro atoms. The molecule has 0 aliphatic carbocycles. The summed E-state index contributed by atoms with van der Waals surface area (Å²) in [5, 5.41) is 0. The summed E-state index contributed by atoms with van der Waals surface area (Å²) in [6.07, 6.45) is 91.7. The summed E-state index contributed by atoms with van der Waals surface area (Å²) in [6.45, 7) is 6.57.